The van der Waals surface area contributed by atoms with Crippen molar-refractivity contribution in [3.8, 4) is 0 Å². The Bertz CT molecular complexity index is 504. The maximum atomic E-state index is 11.9. The fraction of sp³-hybridized carbons (Fsp3) is 0.231. The van der Waals surface area contributed by atoms with Crippen molar-refractivity contribution < 1.29 is 4.79 Å². The van der Waals surface area contributed by atoms with Gasteiger partial charge in [-0.3, -0.25) is 4.79 Å². The summed E-state index contributed by atoms with van der Waals surface area (Å²) in [5.41, 5.74) is 1.65. The largest absolute Gasteiger partial charge is 0.344 e. The normalized spacial score (nSPS) is 12.1. The fourth-order valence-electron chi connectivity index (χ4n) is 1.67. The summed E-state index contributed by atoms with van der Waals surface area (Å²) in [6.07, 6.45) is 3.18. The molecule has 0 aliphatic carbocycles. The first kappa shape index (κ1) is 11.4. The highest BCUT2D eigenvalue weighted by molar-refractivity contribution is 5.92. The molecule has 1 unspecified atom stereocenters. The van der Waals surface area contributed by atoms with Crippen molar-refractivity contribution in [1.29, 1.82) is 0 Å². The van der Waals surface area contributed by atoms with E-state index in [1.807, 2.05) is 37.3 Å². The highest BCUT2D eigenvalue weighted by Crippen LogP contribution is 2.11. The Kier molecular flexibility index (Phi) is 3.23. The first-order valence-electron chi connectivity index (χ1n) is 5.50. The second-order valence-electron chi connectivity index (χ2n) is 4.00. The number of imidazole rings is 1. The fourth-order valence-corrected chi connectivity index (χ4v) is 1.67. The summed E-state index contributed by atoms with van der Waals surface area (Å²) in [6, 6.07) is 9.85. The molecule has 1 aromatic heterocycles. The number of benzene rings is 1. The average Bonchev–Trinajstić information content (AvgIpc) is 2.76. The predicted molar refractivity (Wildman–Crippen MR) is 65.5 cm³/mol. The van der Waals surface area contributed by atoms with E-state index in [1.165, 1.54) is 0 Å². The van der Waals surface area contributed by atoms with E-state index < -0.39 is 0 Å². The first-order chi connectivity index (χ1) is 8.18. The van der Waals surface area contributed by atoms with Crippen LogP contribution in [0, 0.1) is 0 Å². The lowest BCUT2D eigenvalue weighted by Gasteiger charge is -2.14. The first-order valence-corrected chi connectivity index (χ1v) is 5.50. The number of hydrogen-bond acceptors (Lipinski definition) is 2. The van der Waals surface area contributed by atoms with Crippen LogP contribution in [-0.2, 0) is 7.05 Å². The van der Waals surface area contributed by atoms with Crippen molar-refractivity contribution in [3.63, 3.8) is 0 Å². The molecule has 2 rings (SSSR count). The van der Waals surface area contributed by atoms with Gasteiger partial charge in [0.15, 0.2) is 0 Å². The molecule has 0 saturated carbocycles. The summed E-state index contributed by atoms with van der Waals surface area (Å²) in [5, 5.41) is 2.94. The van der Waals surface area contributed by atoms with Crippen LogP contribution in [0.3, 0.4) is 0 Å². The third-order valence-corrected chi connectivity index (χ3v) is 2.70. The number of hydrogen-bond donors (Lipinski definition) is 1. The predicted octanol–water partition coefficient (Wildman–Crippen LogP) is 1.91. The molecule has 1 heterocycles. The molecule has 17 heavy (non-hydrogen) atoms. The minimum atomic E-state index is -0.110. The molecule has 0 fully saturated rings. The molecule has 4 heteroatoms. The van der Waals surface area contributed by atoms with Gasteiger partial charge in [0.1, 0.15) is 5.69 Å². The second-order valence-corrected chi connectivity index (χ2v) is 4.00. The molecule has 4 nitrogen and oxygen atoms in total. The molecule has 0 aliphatic rings. The van der Waals surface area contributed by atoms with Crippen molar-refractivity contribution in [2.45, 2.75) is 13.0 Å². The summed E-state index contributed by atoms with van der Waals surface area (Å²) < 4.78 is 1.70. The SMILES string of the molecule is CC(NC(=O)c1cncn1C)c1ccccc1. The van der Waals surface area contributed by atoms with Gasteiger partial charge in [0.25, 0.3) is 5.91 Å². The smallest absolute Gasteiger partial charge is 0.270 e. The van der Waals surface area contributed by atoms with Crippen LogP contribution in [0.15, 0.2) is 42.9 Å². The summed E-state index contributed by atoms with van der Waals surface area (Å²) in [4.78, 5) is 15.9. The number of amides is 1. The molecule has 88 valence electrons. The van der Waals surface area contributed by atoms with E-state index in [2.05, 4.69) is 10.3 Å². The third-order valence-electron chi connectivity index (χ3n) is 2.70. The molecule has 0 bridgehead atoms. The lowest BCUT2D eigenvalue weighted by molar-refractivity contribution is 0.0931. The van der Waals surface area contributed by atoms with E-state index in [4.69, 9.17) is 0 Å². The van der Waals surface area contributed by atoms with Gasteiger partial charge < -0.3 is 9.88 Å². The minimum absolute atomic E-state index is 0.0152. The molecule has 0 saturated heterocycles. The van der Waals surface area contributed by atoms with Crippen LogP contribution >= 0.6 is 0 Å². The maximum Gasteiger partial charge on any atom is 0.270 e. The summed E-state index contributed by atoms with van der Waals surface area (Å²) in [7, 11) is 1.80. The summed E-state index contributed by atoms with van der Waals surface area (Å²) in [6.45, 7) is 1.96. The molecule has 0 spiro atoms. The van der Waals surface area contributed by atoms with Gasteiger partial charge in [-0.2, -0.15) is 0 Å². The second kappa shape index (κ2) is 4.82. The highest BCUT2D eigenvalue weighted by atomic mass is 16.2. The summed E-state index contributed by atoms with van der Waals surface area (Å²) in [5.74, 6) is -0.110. The standard InChI is InChI=1S/C13H15N3O/c1-10(11-6-4-3-5-7-11)15-13(17)12-8-14-9-16(12)2/h3-10H,1-2H3,(H,15,17). The molecular weight excluding hydrogens is 214 g/mol. The van der Waals surface area contributed by atoms with Gasteiger partial charge in [-0.25, -0.2) is 4.98 Å². The Balaban J connectivity index is 2.08. The van der Waals surface area contributed by atoms with Gasteiger partial charge >= 0.3 is 0 Å². The van der Waals surface area contributed by atoms with Crippen molar-refractivity contribution >= 4 is 5.91 Å². The van der Waals surface area contributed by atoms with Crippen LogP contribution < -0.4 is 5.32 Å². The van der Waals surface area contributed by atoms with E-state index in [1.54, 1.807) is 24.1 Å². The Labute approximate surface area is 100 Å². The van der Waals surface area contributed by atoms with Crippen LogP contribution in [0.1, 0.15) is 29.0 Å². The molecule has 2 aromatic rings. The van der Waals surface area contributed by atoms with Gasteiger partial charge in [-0.15, -0.1) is 0 Å². The minimum Gasteiger partial charge on any atom is -0.344 e. The maximum absolute atomic E-state index is 11.9. The zero-order chi connectivity index (χ0) is 12.3. The molecule has 1 aromatic carbocycles. The van der Waals surface area contributed by atoms with E-state index in [9.17, 15) is 4.79 Å². The number of carbonyl (C=O) groups is 1. The van der Waals surface area contributed by atoms with E-state index >= 15 is 0 Å². The van der Waals surface area contributed by atoms with Crippen molar-refractivity contribution in [3.05, 3.63) is 54.1 Å². The van der Waals surface area contributed by atoms with Crippen LogP contribution in [0.25, 0.3) is 0 Å². The van der Waals surface area contributed by atoms with E-state index in [0.717, 1.165) is 5.56 Å². The number of carbonyl (C=O) groups excluding carboxylic acids is 1. The number of aromatic nitrogens is 2. The lowest BCUT2D eigenvalue weighted by atomic mass is 10.1. The summed E-state index contributed by atoms with van der Waals surface area (Å²) >= 11 is 0. The molecule has 0 radical (unpaired) electrons. The molecule has 1 amide bonds. The van der Waals surface area contributed by atoms with Crippen LogP contribution in [-0.4, -0.2) is 15.5 Å². The third kappa shape index (κ3) is 2.53. The van der Waals surface area contributed by atoms with Crippen molar-refractivity contribution in [2.75, 3.05) is 0 Å². The Morgan fingerprint density at radius 1 is 1.35 bits per heavy atom. The Morgan fingerprint density at radius 2 is 2.06 bits per heavy atom. The van der Waals surface area contributed by atoms with Crippen LogP contribution in [0.4, 0.5) is 0 Å². The zero-order valence-corrected chi connectivity index (χ0v) is 9.92. The van der Waals surface area contributed by atoms with Crippen molar-refractivity contribution in [2.24, 2.45) is 7.05 Å². The Hall–Kier alpha value is -2.10. The van der Waals surface area contributed by atoms with E-state index in [-0.39, 0.29) is 11.9 Å². The number of aryl methyl sites for hydroxylation is 1. The lowest BCUT2D eigenvalue weighted by Crippen LogP contribution is -2.28. The van der Waals surface area contributed by atoms with Gasteiger partial charge in [0.05, 0.1) is 18.6 Å². The zero-order valence-electron chi connectivity index (χ0n) is 9.92. The van der Waals surface area contributed by atoms with Gasteiger partial charge in [0.2, 0.25) is 0 Å². The highest BCUT2D eigenvalue weighted by Gasteiger charge is 2.13. The van der Waals surface area contributed by atoms with Gasteiger partial charge in [0, 0.05) is 7.05 Å². The molecule has 0 aliphatic heterocycles. The van der Waals surface area contributed by atoms with E-state index in [0.29, 0.717) is 5.69 Å². The number of rotatable bonds is 3. The van der Waals surface area contributed by atoms with Crippen LogP contribution in [0.2, 0.25) is 0 Å². The van der Waals surface area contributed by atoms with Crippen LogP contribution in [0.5, 0.6) is 0 Å². The number of nitrogens with one attached hydrogen (secondary N) is 1. The van der Waals surface area contributed by atoms with Gasteiger partial charge in [-0.05, 0) is 12.5 Å². The average molecular weight is 229 g/mol. The monoisotopic (exact) mass is 229 g/mol. The Morgan fingerprint density at radius 3 is 2.65 bits per heavy atom. The van der Waals surface area contributed by atoms with Crippen molar-refractivity contribution in [1.82, 2.24) is 14.9 Å². The quantitative estimate of drug-likeness (QED) is 0.874. The molecular formula is C13H15N3O. The molecule has 1 atom stereocenters. The molecule has 1 N–H and O–H groups in total. The van der Waals surface area contributed by atoms with Gasteiger partial charge in [-0.1, -0.05) is 30.3 Å². The number of nitrogens with zero attached hydrogens (tertiary/aromatic N) is 2. The topological polar surface area (TPSA) is 46.9 Å².